The van der Waals surface area contributed by atoms with Crippen molar-refractivity contribution in [1.29, 1.82) is 0 Å². The molecule has 1 heterocycles. The Labute approximate surface area is 146 Å². The summed E-state index contributed by atoms with van der Waals surface area (Å²) in [6.45, 7) is 4.07. The fourth-order valence-electron chi connectivity index (χ4n) is 3.36. The van der Waals surface area contributed by atoms with Crippen LogP contribution in [0.15, 0.2) is 4.99 Å². The molecule has 6 nitrogen and oxygen atoms in total. The number of ether oxygens (including phenoxy) is 1. The van der Waals surface area contributed by atoms with Crippen molar-refractivity contribution < 1.29 is 9.53 Å². The Hall–Kier alpha value is -1.30. The first kappa shape index (κ1) is 19.0. The monoisotopic (exact) mass is 338 g/mol. The maximum Gasteiger partial charge on any atom is 0.243 e. The summed E-state index contributed by atoms with van der Waals surface area (Å²) in [6, 6.07) is 0.456. The first-order chi connectivity index (χ1) is 11.6. The van der Waals surface area contributed by atoms with Crippen LogP contribution in [-0.2, 0) is 9.53 Å². The largest absolute Gasteiger partial charge is 0.376 e. The van der Waals surface area contributed by atoms with Gasteiger partial charge < -0.3 is 20.3 Å². The Balaban J connectivity index is 1.86. The van der Waals surface area contributed by atoms with Crippen molar-refractivity contribution in [2.45, 2.75) is 64.0 Å². The molecule has 0 radical (unpaired) electrons. The molecule has 1 saturated carbocycles. The van der Waals surface area contributed by atoms with Gasteiger partial charge in [-0.15, -0.1) is 0 Å². The van der Waals surface area contributed by atoms with Gasteiger partial charge in [-0.25, -0.2) is 4.99 Å². The van der Waals surface area contributed by atoms with Crippen molar-refractivity contribution in [1.82, 2.24) is 15.5 Å². The number of hydrogen-bond donors (Lipinski definition) is 2. The highest BCUT2D eigenvalue weighted by Crippen LogP contribution is 2.26. The summed E-state index contributed by atoms with van der Waals surface area (Å²) in [4.78, 5) is 17.9. The van der Waals surface area contributed by atoms with E-state index < -0.39 is 0 Å². The smallest absolute Gasteiger partial charge is 0.243 e. The van der Waals surface area contributed by atoms with E-state index in [4.69, 9.17) is 4.74 Å². The standard InChI is InChI=1S/C18H34N4O2/c1-4-14-7-9-15(10-8-14)21-18(20-13-17(23)22(2)3)19-12-16-6-5-11-24-16/h14-16H,4-13H2,1-3H3,(H2,19,20,21). The minimum atomic E-state index is 0.0166. The molecule has 138 valence electrons. The molecule has 2 N–H and O–H groups in total. The van der Waals surface area contributed by atoms with E-state index >= 15 is 0 Å². The van der Waals surface area contributed by atoms with E-state index in [1.54, 1.807) is 19.0 Å². The highest BCUT2D eigenvalue weighted by Gasteiger charge is 2.22. The second kappa shape index (κ2) is 9.87. The molecule has 0 aromatic carbocycles. The van der Waals surface area contributed by atoms with E-state index in [0.29, 0.717) is 6.04 Å². The molecule has 0 bridgehead atoms. The topological polar surface area (TPSA) is 66.0 Å². The summed E-state index contributed by atoms with van der Waals surface area (Å²) in [7, 11) is 3.52. The predicted octanol–water partition coefficient (Wildman–Crippen LogP) is 1.76. The average Bonchev–Trinajstić information content (AvgIpc) is 3.11. The fourth-order valence-corrected chi connectivity index (χ4v) is 3.36. The van der Waals surface area contributed by atoms with Crippen LogP contribution in [0.4, 0.5) is 0 Å². The molecule has 1 atom stereocenters. The molecule has 6 heteroatoms. The number of aliphatic imine (C=N–C) groups is 1. The number of carbonyl (C=O) groups excluding carboxylic acids is 1. The molecular formula is C18H34N4O2. The predicted molar refractivity (Wildman–Crippen MR) is 97.1 cm³/mol. The fraction of sp³-hybridized carbons (Fsp3) is 0.889. The quantitative estimate of drug-likeness (QED) is 0.572. The minimum absolute atomic E-state index is 0.0166. The molecule has 0 aromatic heterocycles. The zero-order chi connectivity index (χ0) is 17.4. The van der Waals surface area contributed by atoms with Crippen LogP contribution in [0.1, 0.15) is 51.9 Å². The lowest BCUT2D eigenvalue weighted by Gasteiger charge is -2.30. The molecule has 24 heavy (non-hydrogen) atoms. The number of hydrogen-bond acceptors (Lipinski definition) is 3. The molecule has 1 amide bonds. The molecule has 2 aliphatic rings. The third-order valence-electron chi connectivity index (χ3n) is 5.16. The van der Waals surface area contributed by atoms with Crippen molar-refractivity contribution in [3.63, 3.8) is 0 Å². The molecule has 1 aliphatic carbocycles. The third-order valence-corrected chi connectivity index (χ3v) is 5.16. The normalized spacial score (nSPS) is 27.8. The number of rotatable bonds is 6. The summed E-state index contributed by atoms with van der Waals surface area (Å²) in [5, 5.41) is 6.90. The van der Waals surface area contributed by atoms with Gasteiger partial charge >= 0.3 is 0 Å². The Morgan fingerprint density at radius 2 is 1.96 bits per heavy atom. The van der Waals surface area contributed by atoms with Crippen molar-refractivity contribution in [3.05, 3.63) is 0 Å². The lowest BCUT2D eigenvalue weighted by Crippen LogP contribution is -2.47. The summed E-state index contributed by atoms with van der Waals surface area (Å²) >= 11 is 0. The SMILES string of the molecule is CCC1CCC(NC(=NCC(=O)N(C)C)NCC2CCCO2)CC1. The van der Waals surface area contributed by atoms with Crippen LogP contribution >= 0.6 is 0 Å². The maximum atomic E-state index is 11.8. The van der Waals surface area contributed by atoms with E-state index in [2.05, 4.69) is 22.5 Å². The Morgan fingerprint density at radius 3 is 2.54 bits per heavy atom. The molecule has 0 aromatic rings. The summed E-state index contributed by atoms with van der Waals surface area (Å²) < 4.78 is 5.67. The van der Waals surface area contributed by atoms with E-state index in [9.17, 15) is 4.79 Å². The van der Waals surface area contributed by atoms with Gasteiger partial charge in [0.1, 0.15) is 6.54 Å². The van der Waals surface area contributed by atoms with Crippen LogP contribution in [0.3, 0.4) is 0 Å². The first-order valence-electron chi connectivity index (χ1n) is 9.45. The third kappa shape index (κ3) is 6.30. The number of carbonyl (C=O) groups is 1. The molecule has 0 spiro atoms. The van der Waals surface area contributed by atoms with Crippen LogP contribution in [0.25, 0.3) is 0 Å². The van der Waals surface area contributed by atoms with Crippen molar-refractivity contribution in [2.75, 3.05) is 33.8 Å². The first-order valence-corrected chi connectivity index (χ1v) is 9.45. The van der Waals surface area contributed by atoms with Gasteiger partial charge in [-0.3, -0.25) is 4.79 Å². The molecular weight excluding hydrogens is 304 g/mol. The number of nitrogens with one attached hydrogen (secondary N) is 2. The van der Waals surface area contributed by atoms with Crippen LogP contribution < -0.4 is 10.6 Å². The van der Waals surface area contributed by atoms with Gasteiger partial charge in [0.2, 0.25) is 5.91 Å². The Bertz CT molecular complexity index is 411. The number of amides is 1. The molecule has 1 unspecified atom stereocenters. The lowest BCUT2D eigenvalue weighted by molar-refractivity contribution is -0.127. The van der Waals surface area contributed by atoms with Crippen LogP contribution in [-0.4, -0.2) is 62.7 Å². The summed E-state index contributed by atoms with van der Waals surface area (Å²) in [6.07, 6.45) is 8.69. The van der Waals surface area contributed by atoms with E-state index in [0.717, 1.165) is 37.9 Å². The van der Waals surface area contributed by atoms with Crippen molar-refractivity contribution >= 4 is 11.9 Å². The second-order valence-corrected chi connectivity index (χ2v) is 7.24. The zero-order valence-electron chi connectivity index (χ0n) is 15.5. The highest BCUT2D eigenvalue weighted by molar-refractivity contribution is 5.84. The lowest BCUT2D eigenvalue weighted by atomic mass is 9.84. The average molecular weight is 338 g/mol. The van der Waals surface area contributed by atoms with Gasteiger partial charge in [0.15, 0.2) is 5.96 Å². The van der Waals surface area contributed by atoms with Gasteiger partial charge in [0.05, 0.1) is 6.10 Å². The maximum absolute atomic E-state index is 11.8. The second-order valence-electron chi connectivity index (χ2n) is 7.24. The van der Waals surface area contributed by atoms with Gasteiger partial charge in [-0.2, -0.15) is 0 Å². The van der Waals surface area contributed by atoms with Crippen LogP contribution in [0.5, 0.6) is 0 Å². The Morgan fingerprint density at radius 1 is 1.21 bits per heavy atom. The van der Waals surface area contributed by atoms with E-state index in [1.807, 2.05) is 0 Å². The van der Waals surface area contributed by atoms with Gasteiger partial charge in [-0.05, 0) is 44.4 Å². The van der Waals surface area contributed by atoms with Crippen LogP contribution in [0, 0.1) is 5.92 Å². The summed E-state index contributed by atoms with van der Waals surface area (Å²) in [5.74, 6) is 1.64. The highest BCUT2D eigenvalue weighted by atomic mass is 16.5. The van der Waals surface area contributed by atoms with Crippen LogP contribution in [0.2, 0.25) is 0 Å². The molecule has 1 aliphatic heterocycles. The number of nitrogens with zero attached hydrogens (tertiary/aromatic N) is 2. The minimum Gasteiger partial charge on any atom is -0.376 e. The van der Waals surface area contributed by atoms with Crippen molar-refractivity contribution in [3.8, 4) is 0 Å². The molecule has 2 fully saturated rings. The summed E-state index contributed by atoms with van der Waals surface area (Å²) in [5.41, 5.74) is 0. The van der Waals surface area contributed by atoms with E-state index in [-0.39, 0.29) is 18.6 Å². The number of likely N-dealkylation sites (N-methyl/N-ethyl adjacent to an activating group) is 1. The van der Waals surface area contributed by atoms with Crippen molar-refractivity contribution in [2.24, 2.45) is 10.9 Å². The van der Waals surface area contributed by atoms with Gasteiger partial charge in [0, 0.05) is 33.3 Å². The van der Waals surface area contributed by atoms with E-state index in [1.165, 1.54) is 32.1 Å². The van der Waals surface area contributed by atoms with Gasteiger partial charge in [0.25, 0.3) is 0 Å². The zero-order valence-corrected chi connectivity index (χ0v) is 15.5. The molecule has 2 rings (SSSR count). The molecule has 1 saturated heterocycles. The van der Waals surface area contributed by atoms with Gasteiger partial charge in [-0.1, -0.05) is 13.3 Å². The Kier molecular flexibility index (Phi) is 7.82. The number of guanidine groups is 1.